The highest BCUT2D eigenvalue weighted by Gasteiger charge is 2.30. The summed E-state index contributed by atoms with van der Waals surface area (Å²) >= 11 is 0. The number of likely N-dealkylation sites (tertiary alicyclic amines) is 1. The molecule has 1 amide bonds. The second-order valence-electron chi connectivity index (χ2n) is 9.74. The monoisotopic (exact) mass is 424 g/mol. The molecule has 7 heteroatoms. The van der Waals surface area contributed by atoms with E-state index in [1.165, 1.54) is 55.2 Å². The highest BCUT2D eigenvalue weighted by atomic mass is 16.2. The van der Waals surface area contributed by atoms with Crippen LogP contribution in [0.3, 0.4) is 0 Å². The fourth-order valence-corrected chi connectivity index (χ4v) is 6.06. The molecule has 0 spiro atoms. The topological polar surface area (TPSA) is 57.5 Å². The van der Waals surface area contributed by atoms with Gasteiger partial charge in [0, 0.05) is 45.0 Å². The van der Waals surface area contributed by atoms with E-state index in [4.69, 9.17) is 9.97 Å². The fraction of sp³-hybridized carbons (Fsp3) is 0.708. The van der Waals surface area contributed by atoms with Crippen LogP contribution in [0, 0.1) is 0 Å². The lowest BCUT2D eigenvalue weighted by Crippen LogP contribution is -2.32. The van der Waals surface area contributed by atoms with Crippen LogP contribution in [-0.2, 0) is 24.2 Å². The Bertz CT molecular complexity index is 980. The van der Waals surface area contributed by atoms with E-state index in [2.05, 4.69) is 14.4 Å². The molecule has 166 valence electrons. The second-order valence-corrected chi connectivity index (χ2v) is 9.74. The van der Waals surface area contributed by atoms with E-state index in [-0.39, 0.29) is 5.91 Å². The van der Waals surface area contributed by atoms with Gasteiger partial charge in [-0.1, -0.05) is 0 Å². The molecule has 3 aliphatic heterocycles. The van der Waals surface area contributed by atoms with E-state index >= 15 is 0 Å². The van der Waals surface area contributed by atoms with Crippen molar-refractivity contribution >= 4 is 28.7 Å². The van der Waals surface area contributed by atoms with E-state index in [1.807, 2.05) is 4.90 Å². The third-order valence-electron chi connectivity index (χ3n) is 7.73. The van der Waals surface area contributed by atoms with Gasteiger partial charge in [0.2, 0.25) is 11.9 Å². The van der Waals surface area contributed by atoms with Crippen molar-refractivity contribution in [2.45, 2.75) is 70.8 Å². The van der Waals surface area contributed by atoms with Crippen molar-refractivity contribution in [3.63, 3.8) is 0 Å². The van der Waals surface area contributed by atoms with Gasteiger partial charge < -0.3 is 19.3 Å². The number of carbonyl (C=O) groups is 1. The normalized spacial score (nSPS) is 21.5. The van der Waals surface area contributed by atoms with E-state index in [1.54, 1.807) is 0 Å². The lowest BCUT2D eigenvalue weighted by molar-refractivity contribution is -0.130. The maximum absolute atomic E-state index is 13.2. The summed E-state index contributed by atoms with van der Waals surface area (Å²) in [5, 5.41) is 1.24. The highest BCUT2D eigenvalue weighted by molar-refractivity contribution is 5.95. The third kappa shape index (κ3) is 3.37. The first-order valence-electron chi connectivity index (χ1n) is 12.5. The smallest absolute Gasteiger partial charge is 0.242 e. The van der Waals surface area contributed by atoms with E-state index in [9.17, 15) is 4.79 Å². The molecule has 3 fully saturated rings. The van der Waals surface area contributed by atoms with Crippen LogP contribution in [0.25, 0.3) is 11.0 Å². The Hall–Kier alpha value is -2.31. The molecule has 0 atom stereocenters. The van der Waals surface area contributed by atoms with Crippen molar-refractivity contribution < 1.29 is 4.79 Å². The fourth-order valence-electron chi connectivity index (χ4n) is 6.06. The summed E-state index contributed by atoms with van der Waals surface area (Å²) in [5.74, 6) is 2.26. The number of amides is 1. The van der Waals surface area contributed by atoms with Crippen LogP contribution in [-0.4, -0.2) is 64.6 Å². The van der Waals surface area contributed by atoms with Crippen LogP contribution in [0.1, 0.15) is 62.6 Å². The van der Waals surface area contributed by atoms with Crippen molar-refractivity contribution in [3.05, 3.63) is 11.3 Å². The summed E-state index contributed by atoms with van der Waals surface area (Å²) in [6, 6.07) is 0. The molecule has 0 saturated carbocycles. The Morgan fingerprint density at radius 3 is 2.26 bits per heavy atom. The molecule has 3 saturated heterocycles. The molecule has 0 N–H and O–H groups in total. The molecule has 0 aromatic carbocycles. The zero-order valence-corrected chi connectivity index (χ0v) is 18.6. The minimum Gasteiger partial charge on any atom is -0.356 e. The maximum Gasteiger partial charge on any atom is 0.242 e. The number of carbonyl (C=O) groups excluding carboxylic acids is 1. The largest absolute Gasteiger partial charge is 0.356 e. The second kappa shape index (κ2) is 7.99. The maximum atomic E-state index is 13.2. The molecule has 1 aliphatic carbocycles. The summed E-state index contributed by atoms with van der Waals surface area (Å²) in [4.78, 5) is 30.4. The van der Waals surface area contributed by atoms with E-state index in [0.29, 0.717) is 6.54 Å². The molecule has 0 unspecified atom stereocenters. The first-order chi connectivity index (χ1) is 15.3. The van der Waals surface area contributed by atoms with Gasteiger partial charge in [-0.15, -0.1) is 0 Å². The molecule has 31 heavy (non-hydrogen) atoms. The van der Waals surface area contributed by atoms with Gasteiger partial charge in [0.05, 0.1) is 5.39 Å². The van der Waals surface area contributed by atoms with Gasteiger partial charge in [-0.3, -0.25) is 4.79 Å². The van der Waals surface area contributed by atoms with Crippen LogP contribution < -0.4 is 9.80 Å². The van der Waals surface area contributed by atoms with E-state index in [0.717, 1.165) is 82.4 Å². The lowest BCUT2D eigenvalue weighted by Gasteiger charge is -2.22. The van der Waals surface area contributed by atoms with Crippen molar-refractivity contribution in [3.8, 4) is 0 Å². The number of anilines is 2. The molecule has 2 aromatic heterocycles. The summed E-state index contributed by atoms with van der Waals surface area (Å²) in [7, 11) is 0. The number of hydrogen-bond donors (Lipinski definition) is 0. The standard InChI is InChI=1S/C24H34N6O/c31-20(27-11-3-4-12-27)17-30-19-10-2-1-9-18(19)21-22(28-13-5-6-14-28)25-24(26-23(21)30)29-15-7-8-16-29/h1-17H2/i24+2. The quantitative estimate of drug-likeness (QED) is 0.755. The van der Waals surface area contributed by atoms with Crippen LogP contribution >= 0.6 is 0 Å². The van der Waals surface area contributed by atoms with Gasteiger partial charge in [-0.25, -0.2) is 0 Å². The SMILES string of the molecule is O=C(Cn1c2c(c3c(N4CCCC4)n[14c](N4CCCC4)nc31)CCCC2)N1CCCC1. The van der Waals surface area contributed by atoms with Crippen LogP contribution in [0.5, 0.6) is 0 Å². The van der Waals surface area contributed by atoms with Crippen LogP contribution in [0.15, 0.2) is 0 Å². The molecular formula is C24H34N6O. The summed E-state index contributed by atoms with van der Waals surface area (Å²) in [6.07, 6.45) is 11.7. The van der Waals surface area contributed by atoms with Crippen LogP contribution in [0.4, 0.5) is 11.8 Å². The third-order valence-corrected chi connectivity index (χ3v) is 7.73. The van der Waals surface area contributed by atoms with E-state index < -0.39 is 0 Å². The summed E-state index contributed by atoms with van der Waals surface area (Å²) in [6.45, 7) is 6.49. The predicted octanol–water partition coefficient (Wildman–Crippen LogP) is 3.13. The number of hydrogen-bond acceptors (Lipinski definition) is 5. The zero-order chi connectivity index (χ0) is 20.8. The minimum absolute atomic E-state index is 0.256. The van der Waals surface area contributed by atoms with Gasteiger partial charge in [0.15, 0.2) is 0 Å². The Morgan fingerprint density at radius 2 is 1.48 bits per heavy atom. The van der Waals surface area contributed by atoms with Crippen molar-refractivity contribution in [2.75, 3.05) is 49.1 Å². The number of rotatable bonds is 4. The Labute approximate surface area is 184 Å². The average molecular weight is 425 g/mol. The molecule has 0 radical (unpaired) electrons. The Balaban J connectivity index is 1.51. The number of aromatic nitrogens is 3. The van der Waals surface area contributed by atoms with Gasteiger partial charge in [0.25, 0.3) is 0 Å². The predicted molar refractivity (Wildman–Crippen MR) is 123 cm³/mol. The number of aryl methyl sites for hydroxylation is 1. The average Bonchev–Trinajstić information content (AvgIpc) is 3.61. The van der Waals surface area contributed by atoms with Crippen molar-refractivity contribution in [1.29, 1.82) is 0 Å². The summed E-state index contributed by atoms with van der Waals surface area (Å²) < 4.78 is 2.28. The molecule has 2 aromatic rings. The van der Waals surface area contributed by atoms with Gasteiger partial charge >= 0.3 is 0 Å². The zero-order valence-electron chi connectivity index (χ0n) is 18.6. The molecule has 4 aliphatic rings. The van der Waals surface area contributed by atoms with Gasteiger partial charge in [0.1, 0.15) is 18.0 Å². The van der Waals surface area contributed by atoms with Gasteiger partial charge in [-0.05, 0) is 69.8 Å². The highest BCUT2D eigenvalue weighted by Crippen LogP contribution is 2.39. The Morgan fingerprint density at radius 1 is 0.806 bits per heavy atom. The molecular weight excluding hydrogens is 390 g/mol. The minimum atomic E-state index is 0.256. The number of fused-ring (bicyclic) bond motifs is 3. The molecule has 6 rings (SSSR count). The van der Waals surface area contributed by atoms with Crippen LogP contribution in [0.2, 0.25) is 0 Å². The lowest BCUT2D eigenvalue weighted by atomic mass is 9.96. The number of nitrogens with zero attached hydrogens (tertiary/aromatic N) is 6. The first-order valence-corrected chi connectivity index (χ1v) is 12.5. The summed E-state index contributed by atoms with van der Waals surface area (Å²) in [5.41, 5.74) is 3.78. The first kappa shape index (κ1) is 19.4. The molecule has 0 bridgehead atoms. The molecule has 7 nitrogen and oxygen atoms in total. The molecule has 5 heterocycles. The van der Waals surface area contributed by atoms with Gasteiger partial charge in [-0.2, -0.15) is 9.97 Å². The van der Waals surface area contributed by atoms with Crippen molar-refractivity contribution in [2.24, 2.45) is 0 Å². The Kier molecular flexibility index (Phi) is 4.99. The van der Waals surface area contributed by atoms with Crippen molar-refractivity contribution in [1.82, 2.24) is 19.4 Å².